The van der Waals surface area contributed by atoms with Crippen molar-refractivity contribution in [3.63, 3.8) is 0 Å². The van der Waals surface area contributed by atoms with Crippen molar-refractivity contribution in [2.45, 2.75) is 52.0 Å². The predicted molar refractivity (Wildman–Crippen MR) is 144 cm³/mol. The number of H-pyrrole nitrogens is 1. The van der Waals surface area contributed by atoms with Gasteiger partial charge in [-0.05, 0) is 81.5 Å². The SMILES string of the molecule is C=C1/C=C(\C=C/C)C(=O)N(NC)CCCCCOc2cc(CN3CCCCC3)cc3[nH]c(=O)c1nc23. The maximum Gasteiger partial charge on any atom is 0.274 e. The van der Waals surface area contributed by atoms with Crippen LogP contribution < -0.4 is 15.7 Å². The number of benzene rings is 1. The molecule has 0 radical (unpaired) electrons. The van der Waals surface area contributed by atoms with Crippen LogP contribution in [0.4, 0.5) is 0 Å². The Labute approximate surface area is 212 Å². The van der Waals surface area contributed by atoms with Crippen molar-refractivity contribution in [2.75, 3.05) is 33.3 Å². The fraction of sp³-hybridized carbons (Fsp3) is 0.464. The summed E-state index contributed by atoms with van der Waals surface area (Å²) in [6.07, 6.45) is 11.5. The van der Waals surface area contributed by atoms with Gasteiger partial charge in [0.05, 0.1) is 12.1 Å². The van der Waals surface area contributed by atoms with E-state index in [0.29, 0.717) is 41.1 Å². The summed E-state index contributed by atoms with van der Waals surface area (Å²) < 4.78 is 6.23. The molecule has 2 bridgehead atoms. The minimum Gasteiger partial charge on any atom is -0.491 e. The van der Waals surface area contributed by atoms with Crippen LogP contribution in [0.1, 0.15) is 56.7 Å². The zero-order valence-corrected chi connectivity index (χ0v) is 21.4. The second kappa shape index (κ2) is 12.1. The van der Waals surface area contributed by atoms with Crippen LogP contribution in [0, 0.1) is 0 Å². The number of allylic oxidation sites excluding steroid dienone is 3. The lowest BCUT2D eigenvalue weighted by atomic mass is 10.1. The largest absolute Gasteiger partial charge is 0.491 e. The van der Waals surface area contributed by atoms with E-state index in [9.17, 15) is 9.59 Å². The van der Waals surface area contributed by atoms with Gasteiger partial charge in [-0.25, -0.2) is 10.4 Å². The highest BCUT2D eigenvalue weighted by molar-refractivity contribution is 5.98. The number of nitrogens with zero attached hydrogens (tertiary/aromatic N) is 3. The molecule has 1 aromatic heterocycles. The van der Waals surface area contributed by atoms with E-state index in [1.165, 1.54) is 19.3 Å². The van der Waals surface area contributed by atoms with Crippen molar-refractivity contribution < 1.29 is 9.53 Å². The number of piperidine rings is 1. The number of hydrogen-bond donors (Lipinski definition) is 2. The van der Waals surface area contributed by atoms with E-state index in [4.69, 9.17) is 9.72 Å². The molecule has 1 fully saturated rings. The van der Waals surface area contributed by atoms with Crippen LogP contribution in [0.2, 0.25) is 0 Å². The third-order valence-corrected chi connectivity index (χ3v) is 6.70. The number of rotatable bonds is 4. The first-order valence-corrected chi connectivity index (χ1v) is 12.9. The van der Waals surface area contributed by atoms with Crippen LogP contribution in [-0.4, -0.2) is 59.1 Å². The predicted octanol–water partition coefficient (Wildman–Crippen LogP) is 3.95. The van der Waals surface area contributed by atoms with Crippen LogP contribution in [0.5, 0.6) is 5.75 Å². The van der Waals surface area contributed by atoms with Gasteiger partial charge in [0.2, 0.25) is 0 Å². The highest BCUT2D eigenvalue weighted by Gasteiger charge is 2.19. The van der Waals surface area contributed by atoms with Gasteiger partial charge in [0.1, 0.15) is 17.0 Å². The Bertz CT molecular complexity index is 1220. The summed E-state index contributed by atoms with van der Waals surface area (Å²) >= 11 is 0. The van der Waals surface area contributed by atoms with Gasteiger partial charge in [-0.3, -0.25) is 19.5 Å². The van der Waals surface area contributed by atoms with Crippen LogP contribution in [0.25, 0.3) is 16.6 Å². The molecule has 4 rings (SSSR count). The fourth-order valence-electron chi connectivity index (χ4n) is 4.83. The molecule has 2 aliphatic heterocycles. The molecule has 2 aromatic rings. The van der Waals surface area contributed by atoms with Crippen molar-refractivity contribution in [1.82, 2.24) is 25.3 Å². The van der Waals surface area contributed by atoms with Crippen molar-refractivity contribution in [3.05, 3.63) is 64.1 Å². The molecule has 192 valence electrons. The average molecular weight is 492 g/mol. The first-order valence-electron chi connectivity index (χ1n) is 12.9. The van der Waals surface area contributed by atoms with E-state index in [0.717, 1.165) is 44.5 Å². The number of fused-ring (bicyclic) bond motifs is 1. The number of aromatic amines is 1. The highest BCUT2D eigenvalue weighted by Crippen LogP contribution is 2.27. The van der Waals surface area contributed by atoms with Gasteiger partial charge in [-0.2, -0.15) is 0 Å². The lowest BCUT2D eigenvalue weighted by Crippen LogP contribution is -2.41. The fourth-order valence-corrected chi connectivity index (χ4v) is 4.83. The number of likely N-dealkylation sites (tertiary alicyclic amines) is 1. The van der Waals surface area contributed by atoms with Crippen LogP contribution in [0.3, 0.4) is 0 Å². The number of carbonyl (C=O) groups is 1. The maximum atomic E-state index is 13.2. The summed E-state index contributed by atoms with van der Waals surface area (Å²) in [7, 11) is 1.73. The molecule has 36 heavy (non-hydrogen) atoms. The van der Waals surface area contributed by atoms with Crippen LogP contribution >= 0.6 is 0 Å². The molecule has 8 heteroatoms. The molecule has 3 heterocycles. The monoisotopic (exact) mass is 491 g/mol. The van der Waals surface area contributed by atoms with Gasteiger partial charge in [0.25, 0.3) is 11.5 Å². The van der Waals surface area contributed by atoms with Crippen molar-refractivity contribution in [1.29, 1.82) is 0 Å². The van der Waals surface area contributed by atoms with Crippen LogP contribution in [0.15, 0.2) is 47.3 Å². The molecule has 0 atom stereocenters. The van der Waals surface area contributed by atoms with Gasteiger partial charge >= 0.3 is 0 Å². The van der Waals surface area contributed by atoms with E-state index in [1.807, 2.05) is 13.0 Å². The Morgan fingerprint density at radius 3 is 2.61 bits per heavy atom. The van der Waals surface area contributed by atoms with Crippen LogP contribution in [-0.2, 0) is 11.3 Å². The Morgan fingerprint density at radius 1 is 1.11 bits per heavy atom. The molecule has 2 N–H and O–H groups in total. The molecule has 0 aliphatic carbocycles. The van der Waals surface area contributed by atoms with Crippen molar-refractivity contribution >= 4 is 22.5 Å². The summed E-state index contributed by atoms with van der Waals surface area (Å²) in [4.78, 5) is 36.4. The number of nitrogens with one attached hydrogen (secondary N) is 2. The molecule has 8 nitrogen and oxygen atoms in total. The van der Waals surface area contributed by atoms with Crippen molar-refractivity contribution in [3.8, 4) is 5.75 Å². The number of aromatic nitrogens is 2. The smallest absolute Gasteiger partial charge is 0.274 e. The number of amides is 1. The van der Waals surface area contributed by atoms with Gasteiger partial charge in [0, 0.05) is 25.7 Å². The molecule has 0 saturated carbocycles. The molecule has 1 aromatic carbocycles. The topological polar surface area (TPSA) is 90.6 Å². The Balaban J connectivity index is 1.77. The third kappa shape index (κ3) is 6.12. The standard InChI is InChI=1S/C28H37N5O3/c1-4-11-22-16-20(2)25-27(34)30-23-17-21(19-32-12-7-5-8-13-32)18-24(26(23)31-25)36-15-10-6-9-14-33(29-3)28(22)35/h4,11,16-18,29H,2,5-10,12-15,19H2,1,3H3,(H,30,34)/b11-4-,22-16+. The molecule has 1 amide bonds. The number of carbonyl (C=O) groups excluding carboxylic acids is 1. The van der Waals surface area contributed by atoms with Crippen molar-refractivity contribution in [2.24, 2.45) is 0 Å². The van der Waals surface area contributed by atoms with E-state index in [1.54, 1.807) is 30.3 Å². The van der Waals surface area contributed by atoms with Gasteiger partial charge in [-0.15, -0.1) is 0 Å². The number of hydrazine groups is 1. The molecule has 0 spiro atoms. The second-order valence-electron chi connectivity index (χ2n) is 9.46. The normalized spacial score (nSPS) is 20.3. The summed E-state index contributed by atoms with van der Waals surface area (Å²) in [5, 5.41) is 1.59. The van der Waals surface area contributed by atoms with E-state index >= 15 is 0 Å². The first-order chi connectivity index (χ1) is 17.5. The Hall–Kier alpha value is -3.23. The molecule has 0 unspecified atom stereocenters. The quantitative estimate of drug-likeness (QED) is 0.673. The Morgan fingerprint density at radius 2 is 1.86 bits per heavy atom. The van der Waals surface area contributed by atoms with E-state index in [-0.39, 0.29) is 17.2 Å². The lowest BCUT2D eigenvalue weighted by Gasteiger charge is -2.26. The third-order valence-electron chi connectivity index (χ3n) is 6.70. The second-order valence-corrected chi connectivity index (χ2v) is 9.46. The number of ether oxygens (including phenoxy) is 1. The minimum absolute atomic E-state index is 0.178. The lowest BCUT2D eigenvalue weighted by molar-refractivity contribution is -0.129. The van der Waals surface area contributed by atoms with E-state index < -0.39 is 0 Å². The van der Waals surface area contributed by atoms with Gasteiger partial charge < -0.3 is 9.72 Å². The molecule has 1 saturated heterocycles. The maximum absolute atomic E-state index is 13.2. The number of hydrogen-bond acceptors (Lipinski definition) is 6. The summed E-state index contributed by atoms with van der Waals surface area (Å²) in [5.41, 5.74) is 5.98. The molecular weight excluding hydrogens is 454 g/mol. The zero-order chi connectivity index (χ0) is 25.5. The first kappa shape index (κ1) is 25.9. The zero-order valence-electron chi connectivity index (χ0n) is 21.4. The Kier molecular flexibility index (Phi) is 8.72. The summed E-state index contributed by atoms with van der Waals surface area (Å²) in [6.45, 7) is 10.0. The minimum atomic E-state index is -0.341. The van der Waals surface area contributed by atoms with Gasteiger partial charge in [0.15, 0.2) is 0 Å². The summed E-state index contributed by atoms with van der Waals surface area (Å²) in [5.74, 6) is 0.494. The molecular formula is C28H37N5O3. The molecule has 2 aliphatic rings. The highest BCUT2D eigenvalue weighted by atomic mass is 16.5. The van der Waals surface area contributed by atoms with Gasteiger partial charge in [-0.1, -0.05) is 25.2 Å². The summed E-state index contributed by atoms with van der Waals surface area (Å²) in [6, 6.07) is 4.06. The average Bonchev–Trinajstić information content (AvgIpc) is 2.87. The van der Waals surface area contributed by atoms with E-state index in [2.05, 4.69) is 28.0 Å².